The molecule has 1 aliphatic heterocycles. The molecule has 19 heavy (non-hydrogen) atoms. The largest absolute Gasteiger partial charge is 0.465 e. The molecule has 2 heterocycles. The van der Waals surface area contributed by atoms with Gasteiger partial charge in [-0.15, -0.1) is 12.4 Å². The van der Waals surface area contributed by atoms with Crippen LogP contribution in [0, 0.1) is 13.8 Å². The van der Waals surface area contributed by atoms with E-state index < -0.39 is 10.0 Å². The van der Waals surface area contributed by atoms with Crippen molar-refractivity contribution in [2.75, 3.05) is 13.1 Å². The molecule has 1 unspecified atom stereocenters. The quantitative estimate of drug-likeness (QED) is 0.889. The highest BCUT2D eigenvalue weighted by molar-refractivity contribution is 7.89. The maximum absolute atomic E-state index is 12.1. The molecule has 5 nitrogen and oxygen atoms in total. The summed E-state index contributed by atoms with van der Waals surface area (Å²) >= 11 is 0. The first-order valence-electron chi connectivity index (χ1n) is 6.29. The van der Waals surface area contributed by atoms with Crippen molar-refractivity contribution in [3.8, 4) is 0 Å². The van der Waals surface area contributed by atoms with Gasteiger partial charge in [0.1, 0.15) is 16.4 Å². The monoisotopic (exact) mass is 308 g/mol. The molecule has 1 saturated heterocycles. The molecule has 2 rings (SSSR count). The minimum absolute atomic E-state index is 0. The third kappa shape index (κ3) is 4.21. The first-order valence-corrected chi connectivity index (χ1v) is 7.77. The Bertz CT molecular complexity index is 507. The summed E-state index contributed by atoms with van der Waals surface area (Å²) in [6.07, 6.45) is 3.35. The van der Waals surface area contributed by atoms with Crippen molar-refractivity contribution in [3.05, 3.63) is 17.6 Å². The Morgan fingerprint density at radius 2 is 2.16 bits per heavy atom. The van der Waals surface area contributed by atoms with Gasteiger partial charge in [0, 0.05) is 12.6 Å². The SMILES string of the molecule is Cc1cc(S(=O)(=O)NCC2CCCCN2)c(C)o1.Cl. The predicted octanol–water partition coefficient (Wildman–Crippen LogP) is 1.74. The maximum atomic E-state index is 12.1. The van der Waals surface area contributed by atoms with Gasteiger partial charge in [0.05, 0.1) is 0 Å². The van der Waals surface area contributed by atoms with Crippen LogP contribution in [0.1, 0.15) is 30.8 Å². The Hall–Kier alpha value is -0.560. The lowest BCUT2D eigenvalue weighted by atomic mass is 10.1. The first kappa shape index (κ1) is 16.5. The van der Waals surface area contributed by atoms with E-state index in [0.29, 0.717) is 18.1 Å². The van der Waals surface area contributed by atoms with E-state index in [0.717, 1.165) is 19.4 Å². The van der Waals surface area contributed by atoms with Gasteiger partial charge in [-0.3, -0.25) is 0 Å². The second-order valence-electron chi connectivity index (χ2n) is 4.78. The Balaban J connectivity index is 0.00000180. The van der Waals surface area contributed by atoms with Crippen LogP contribution in [-0.4, -0.2) is 27.5 Å². The second kappa shape index (κ2) is 6.74. The summed E-state index contributed by atoms with van der Waals surface area (Å²) in [5.41, 5.74) is 0. The van der Waals surface area contributed by atoms with E-state index in [9.17, 15) is 8.42 Å². The molecule has 0 saturated carbocycles. The lowest BCUT2D eigenvalue weighted by Crippen LogP contribution is -2.43. The van der Waals surface area contributed by atoms with Crippen LogP contribution in [0.5, 0.6) is 0 Å². The van der Waals surface area contributed by atoms with Crippen LogP contribution >= 0.6 is 12.4 Å². The lowest BCUT2D eigenvalue weighted by Gasteiger charge is -2.23. The van der Waals surface area contributed by atoms with Gasteiger partial charge in [-0.2, -0.15) is 0 Å². The van der Waals surface area contributed by atoms with Crippen LogP contribution in [0.25, 0.3) is 0 Å². The van der Waals surface area contributed by atoms with Crippen molar-refractivity contribution in [2.24, 2.45) is 0 Å². The van der Waals surface area contributed by atoms with E-state index >= 15 is 0 Å². The summed E-state index contributed by atoms with van der Waals surface area (Å²) in [6, 6.07) is 1.80. The minimum atomic E-state index is -3.45. The fourth-order valence-corrected chi connectivity index (χ4v) is 3.58. The van der Waals surface area contributed by atoms with Gasteiger partial charge in [0.15, 0.2) is 0 Å². The number of halogens is 1. The second-order valence-corrected chi connectivity index (χ2v) is 6.51. The number of furan rings is 1. The summed E-state index contributed by atoms with van der Waals surface area (Å²) in [5.74, 6) is 1.06. The van der Waals surface area contributed by atoms with Crippen LogP contribution in [0.2, 0.25) is 0 Å². The number of hydrogen-bond acceptors (Lipinski definition) is 4. The molecule has 1 aromatic rings. The fourth-order valence-electron chi connectivity index (χ4n) is 2.26. The van der Waals surface area contributed by atoms with Gasteiger partial charge in [0.2, 0.25) is 10.0 Å². The van der Waals surface area contributed by atoms with Crippen molar-refractivity contribution in [1.82, 2.24) is 10.0 Å². The third-order valence-electron chi connectivity index (χ3n) is 3.22. The van der Waals surface area contributed by atoms with Crippen LogP contribution in [0.4, 0.5) is 0 Å². The van der Waals surface area contributed by atoms with Crippen molar-refractivity contribution in [3.63, 3.8) is 0 Å². The molecular formula is C12H21ClN2O3S. The highest BCUT2D eigenvalue weighted by atomic mass is 35.5. The Morgan fingerprint density at radius 3 is 2.68 bits per heavy atom. The van der Waals surface area contributed by atoms with Crippen molar-refractivity contribution in [1.29, 1.82) is 0 Å². The number of piperidine rings is 1. The average Bonchev–Trinajstić information content (AvgIpc) is 2.68. The maximum Gasteiger partial charge on any atom is 0.244 e. The number of rotatable bonds is 4. The molecule has 0 aliphatic carbocycles. The number of aryl methyl sites for hydroxylation is 2. The van der Waals surface area contributed by atoms with Gasteiger partial charge < -0.3 is 9.73 Å². The first-order chi connectivity index (χ1) is 8.49. The minimum Gasteiger partial charge on any atom is -0.465 e. The van der Waals surface area contributed by atoms with Crippen LogP contribution in [-0.2, 0) is 10.0 Å². The Labute approximate surface area is 120 Å². The molecule has 1 aliphatic rings. The summed E-state index contributed by atoms with van der Waals surface area (Å²) < 4.78 is 32.1. The molecule has 110 valence electrons. The zero-order chi connectivity index (χ0) is 13.2. The zero-order valence-electron chi connectivity index (χ0n) is 11.2. The normalized spacial score (nSPS) is 20.0. The summed E-state index contributed by atoms with van der Waals surface area (Å²) in [4.78, 5) is 0.246. The van der Waals surface area contributed by atoms with E-state index in [1.807, 2.05) is 0 Å². The predicted molar refractivity (Wildman–Crippen MR) is 76.3 cm³/mol. The zero-order valence-corrected chi connectivity index (χ0v) is 12.9. The van der Waals surface area contributed by atoms with Crippen molar-refractivity contribution in [2.45, 2.75) is 44.0 Å². The molecule has 0 aromatic carbocycles. The van der Waals surface area contributed by atoms with Crippen LogP contribution in [0.15, 0.2) is 15.4 Å². The standard InChI is InChI=1S/C12H20N2O3S.ClH/c1-9-7-12(10(2)17-9)18(15,16)14-8-11-5-3-4-6-13-11;/h7,11,13-14H,3-6,8H2,1-2H3;1H. The highest BCUT2D eigenvalue weighted by Gasteiger charge is 2.22. The topological polar surface area (TPSA) is 71.3 Å². The molecule has 7 heteroatoms. The molecule has 2 N–H and O–H groups in total. The van der Waals surface area contributed by atoms with Crippen molar-refractivity contribution < 1.29 is 12.8 Å². The molecule has 0 spiro atoms. The van der Waals surface area contributed by atoms with Gasteiger partial charge >= 0.3 is 0 Å². The van der Waals surface area contributed by atoms with E-state index in [1.54, 1.807) is 19.9 Å². The van der Waals surface area contributed by atoms with Gasteiger partial charge in [-0.1, -0.05) is 6.42 Å². The van der Waals surface area contributed by atoms with Gasteiger partial charge in [-0.05, 0) is 39.3 Å². The number of sulfonamides is 1. The van der Waals surface area contributed by atoms with E-state index in [4.69, 9.17) is 4.42 Å². The molecule has 0 amide bonds. The Morgan fingerprint density at radius 1 is 1.42 bits per heavy atom. The van der Waals surface area contributed by atoms with Crippen molar-refractivity contribution >= 4 is 22.4 Å². The van der Waals surface area contributed by atoms with Crippen LogP contribution < -0.4 is 10.0 Å². The lowest BCUT2D eigenvalue weighted by molar-refractivity contribution is 0.398. The summed E-state index contributed by atoms with van der Waals surface area (Å²) in [5, 5.41) is 3.31. The molecule has 1 aromatic heterocycles. The van der Waals surface area contributed by atoms with E-state index in [-0.39, 0.29) is 23.3 Å². The number of nitrogens with one attached hydrogen (secondary N) is 2. The van der Waals surface area contributed by atoms with E-state index in [2.05, 4.69) is 10.0 Å². The molecule has 1 fully saturated rings. The average molecular weight is 309 g/mol. The smallest absolute Gasteiger partial charge is 0.244 e. The fraction of sp³-hybridized carbons (Fsp3) is 0.667. The molecular weight excluding hydrogens is 288 g/mol. The molecule has 0 radical (unpaired) electrons. The molecule has 0 bridgehead atoms. The summed E-state index contributed by atoms with van der Waals surface area (Å²) in [6.45, 7) is 4.82. The van der Waals surface area contributed by atoms with E-state index in [1.165, 1.54) is 6.42 Å². The van der Waals surface area contributed by atoms with Gasteiger partial charge in [-0.25, -0.2) is 13.1 Å². The third-order valence-corrected chi connectivity index (χ3v) is 4.75. The molecule has 1 atom stereocenters. The Kier molecular flexibility index (Phi) is 5.85. The summed E-state index contributed by atoms with van der Waals surface area (Å²) in [7, 11) is -3.45. The highest BCUT2D eigenvalue weighted by Crippen LogP contribution is 2.19. The van der Waals surface area contributed by atoms with Gasteiger partial charge in [0.25, 0.3) is 0 Å². The van der Waals surface area contributed by atoms with Crippen LogP contribution in [0.3, 0.4) is 0 Å². The number of hydrogen-bond donors (Lipinski definition) is 2.